The summed E-state index contributed by atoms with van der Waals surface area (Å²) in [5, 5.41) is 20.3. The van der Waals surface area contributed by atoms with Crippen LogP contribution >= 0.6 is 98.4 Å². The Labute approximate surface area is 482 Å². The first kappa shape index (κ1) is 96.3. The summed E-state index contributed by atoms with van der Waals surface area (Å²) >= 11 is 9.54. The van der Waals surface area contributed by atoms with Gasteiger partial charge in [-0.1, -0.05) is 161 Å². The molecular weight excluding hydrogens is 1580 g/mol. The van der Waals surface area contributed by atoms with Crippen LogP contribution < -0.4 is 27.2 Å². The minimum absolute atomic E-state index is 0. The van der Waals surface area contributed by atoms with Crippen molar-refractivity contribution >= 4 is 153 Å². The van der Waals surface area contributed by atoms with Gasteiger partial charge < -0.3 is 20.4 Å². The number of carbonyl (C=O) groups excluding carboxylic acids is 1. The molecule has 0 saturated carbocycles. The topological polar surface area (TPSA) is 182 Å². The standard InChI is InChI=1S/C11H16N2O3S.C9H11NO4S.C8H9NO2.9C2H6.I3.I2.HI/c1-12(2)11(14)9-7-5-6-8-10(9)13(3)17(4,15)16;1-10(15(2,13)14)8-6-4-3-5-7(8)9(11)12;1-9-7-5-3-2-4-6(7)8(10)11;9*1-2;1-3-2;1-2;/h5-8H,1-4H3;3-6H,1-2H3,(H,11,12);2-5,9H,1H3,(H,10,11);9*1-2H3;;;1H/q;;;;;;;;;;;;-1;;. The van der Waals surface area contributed by atoms with Gasteiger partial charge in [-0.3, -0.25) is 13.4 Å². The molecule has 0 bridgehead atoms. The summed E-state index contributed by atoms with van der Waals surface area (Å²) < 4.78 is 47.5. The van der Waals surface area contributed by atoms with Crippen LogP contribution in [0.25, 0.3) is 0 Å². The van der Waals surface area contributed by atoms with E-state index in [1.54, 1.807) is 81.8 Å². The van der Waals surface area contributed by atoms with Crippen molar-refractivity contribution < 1.29 is 54.7 Å². The van der Waals surface area contributed by atoms with E-state index in [1.807, 2.05) is 125 Å². The van der Waals surface area contributed by atoms with Gasteiger partial charge in [0.2, 0.25) is 20.0 Å². The maximum atomic E-state index is 11.9. The normalized spacial score (nSPS) is 8.01. The Morgan fingerprint density at radius 2 is 0.716 bits per heavy atom. The minimum atomic E-state index is -3.44. The monoisotopic (exact) mass is 1670 g/mol. The van der Waals surface area contributed by atoms with Gasteiger partial charge in [-0.05, 0) is 36.4 Å². The van der Waals surface area contributed by atoms with Crippen molar-refractivity contribution in [2.75, 3.05) is 61.7 Å². The molecule has 3 N–H and O–H groups in total. The van der Waals surface area contributed by atoms with Gasteiger partial charge in [-0.2, -0.15) is 0 Å². The second-order valence-corrected chi connectivity index (χ2v) is 29.4. The van der Waals surface area contributed by atoms with Crippen LogP contribution in [0.3, 0.4) is 0 Å². The number of rotatable bonds is 8. The third-order valence-electron chi connectivity index (χ3n) is 5.78. The van der Waals surface area contributed by atoms with Gasteiger partial charge in [0.05, 0.1) is 40.6 Å². The van der Waals surface area contributed by atoms with Gasteiger partial charge in [0.1, 0.15) is 0 Å². The van der Waals surface area contributed by atoms with Crippen molar-refractivity contribution in [3.8, 4) is 0 Å². The predicted octanol–water partition coefficient (Wildman–Crippen LogP) is 13.4. The molecule has 21 heteroatoms. The van der Waals surface area contributed by atoms with E-state index in [9.17, 15) is 31.2 Å². The summed E-state index contributed by atoms with van der Waals surface area (Å²) in [6.07, 6.45) is 2.12. The van der Waals surface area contributed by atoms with Crippen LogP contribution in [-0.4, -0.2) is 97.5 Å². The third-order valence-corrected chi connectivity index (χ3v) is 8.16. The quantitative estimate of drug-likeness (QED) is 0.184. The summed E-state index contributed by atoms with van der Waals surface area (Å²) in [4.78, 5) is 34.7. The van der Waals surface area contributed by atoms with Gasteiger partial charge >= 0.3 is 62.4 Å². The molecule has 0 atom stereocenters. The summed E-state index contributed by atoms with van der Waals surface area (Å²) in [5.74, 6) is -2.29. The first-order valence-corrected chi connectivity index (χ1v) is 44.3. The first-order valence-electron chi connectivity index (χ1n) is 21.8. The van der Waals surface area contributed by atoms with E-state index in [-0.39, 0.29) is 41.1 Å². The first-order chi connectivity index (χ1) is 31.3. The van der Waals surface area contributed by atoms with Gasteiger partial charge in [-0.15, -0.1) is 24.0 Å². The number of sulfonamides is 2. The molecular formula is C46H91I6N4O9S2-. The number of carbonyl (C=O) groups is 3. The summed E-state index contributed by atoms with van der Waals surface area (Å²) in [6, 6.07) is 19.3. The van der Waals surface area contributed by atoms with Crippen LogP contribution in [0.15, 0.2) is 72.8 Å². The van der Waals surface area contributed by atoms with E-state index in [2.05, 4.69) is 79.8 Å². The number of carboxylic acids is 2. The number of amides is 1. The zero-order valence-corrected chi connectivity index (χ0v) is 59.9. The number of anilines is 3. The number of halogens is 6. The Morgan fingerprint density at radius 1 is 0.493 bits per heavy atom. The molecule has 13 nitrogen and oxygen atoms in total. The summed E-state index contributed by atoms with van der Waals surface area (Å²) in [5.41, 5.74) is 1.81. The molecule has 3 rings (SSSR count). The Bertz CT molecular complexity index is 1710. The van der Waals surface area contributed by atoms with Crippen molar-refractivity contribution in [3.63, 3.8) is 0 Å². The Morgan fingerprint density at radius 3 is 0.940 bits per heavy atom. The molecule has 0 aliphatic heterocycles. The fraction of sp³-hybridized carbons (Fsp3) is 0.543. The number of nitrogens with zero attached hydrogens (tertiary/aromatic N) is 3. The van der Waals surface area contributed by atoms with Gasteiger partial charge in [0, 0.05) is 78.2 Å². The summed E-state index contributed by atoms with van der Waals surface area (Å²) in [7, 11) is 0.873. The van der Waals surface area contributed by atoms with Crippen LogP contribution in [0.5, 0.6) is 0 Å². The molecule has 0 aliphatic carbocycles. The van der Waals surface area contributed by atoms with Crippen molar-refractivity contribution in [3.05, 3.63) is 89.5 Å². The van der Waals surface area contributed by atoms with Crippen molar-refractivity contribution in [2.24, 2.45) is 0 Å². The third kappa shape index (κ3) is 53.4. The molecule has 67 heavy (non-hydrogen) atoms. The average molecular weight is 1670 g/mol. The van der Waals surface area contributed by atoms with Crippen LogP contribution in [0, 0.1) is 0 Å². The zero-order chi connectivity index (χ0) is 55.8. The van der Waals surface area contributed by atoms with Crippen molar-refractivity contribution in [2.45, 2.75) is 125 Å². The molecule has 0 aromatic heterocycles. The van der Waals surface area contributed by atoms with Crippen LogP contribution in [0.1, 0.15) is 156 Å². The van der Waals surface area contributed by atoms with Crippen LogP contribution in [0.4, 0.5) is 17.1 Å². The second-order valence-electron chi connectivity index (χ2n) is 9.15. The molecule has 0 spiro atoms. The molecule has 0 saturated heterocycles. The van der Waals surface area contributed by atoms with E-state index in [0.29, 0.717) is 35.8 Å². The molecule has 0 unspecified atom stereocenters. The number of carboxylic acid groups (broad SMARTS) is 2. The number of hydrogen-bond acceptors (Lipinski definition) is 8. The fourth-order valence-electron chi connectivity index (χ4n) is 3.34. The molecule has 0 radical (unpaired) electrons. The molecule has 0 aliphatic rings. The van der Waals surface area contributed by atoms with Crippen molar-refractivity contribution in [1.29, 1.82) is 0 Å². The predicted molar refractivity (Wildman–Crippen MR) is 341 cm³/mol. The molecule has 3 aromatic rings. The average Bonchev–Trinajstić information content (AvgIpc) is 3.37. The maximum absolute atomic E-state index is 11.9. The van der Waals surface area contributed by atoms with Gasteiger partial charge in [0.25, 0.3) is 5.91 Å². The molecule has 404 valence electrons. The molecule has 0 fully saturated rings. The van der Waals surface area contributed by atoms with E-state index in [4.69, 9.17) is 10.2 Å². The Kier molecular flexibility index (Phi) is 104. The van der Waals surface area contributed by atoms with E-state index in [0.717, 1.165) is 21.1 Å². The Balaban J connectivity index is -0.0000000555. The number of hydrogen-bond donors (Lipinski definition) is 3. The molecule has 1 amide bonds. The summed E-state index contributed by atoms with van der Waals surface area (Å²) in [6.45, 7) is 36.0. The van der Waals surface area contributed by atoms with Crippen LogP contribution in [-0.2, 0) is 20.0 Å². The van der Waals surface area contributed by atoms with E-state index >= 15 is 0 Å². The number of benzene rings is 3. The van der Waals surface area contributed by atoms with Gasteiger partial charge in [0.15, 0.2) is 0 Å². The van der Waals surface area contributed by atoms with Crippen molar-refractivity contribution in [1.82, 2.24) is 4.90 Å². The number of nitrogens with one attached hydrogen (secondary N) is 1. The Hall–Kier alpha value is -0.250. The van der Waals surface area contributed by atoms with Crippen LogP contribution in [0.2, 0.25) is 0 Å². The number of aromatic carboxylic acids is 2. The van der Waals surface area contributed by atoms with E-state index < -0.39 is 32.0 Å². The molecule has 3 aromatic carbocycles. The second kappa shape index (κ2) is 72.3. The van der Waals surface area contributed by atoms with E-state index in [1.165, 1.54) is 31.1 Å². The van der Waals surface area contributed by atoms with Gasteiger partial charge in [-0.25, -0.2) is 26.4 Å². The SMILES string of the molecule is CC.CC.CC.CC.CC.CC.CC.CC.CC.CN(C)C(=O)c1ccccc1N(C)S(C)(=O)=O.CN(c1ccccc1C(=O)O)S(C)(=O)=O.CNc1ccccc1C(=O)O.I.II.I[I-]I. The number of para-hydroxylation sites is 3. The fourth-order valence-corrected chi connectivity index (χ4v) is 4.38. The molecule has 0 heterocycles. The zero-order valence-electron chi connectivity index (χ0n) is 45.1.